The lowest BCUT2D eigenvalue weighted by Gasteiger charge is -2.21. The van der Waals surface area contributed by atoms with E-state index >= 15 is 0 Å². The largest absolute Gasteiger partial charge is 0.333 e. The minimum Gasteiger partial charge on any atom is -0.333 e. The Balaban J connectivity index is 2.50. The van der Waals surface area contributed by atoms with Gasteiger partial charge >= 0.3 is 6.03 Å². The van der Waals surface area contributed by atoms with Gasteiger partial charge in [-0.1, -0.05) is 11.8 Å². The number of nitrogens with one attached hydrogen (secondary N) is 2. The van der Waals surface area contributed by atoms with Gasteiger partial charge in [-0.25, -0.2) is 9.78 Å². The number of hydrogen-bond acceptors (Lipinski definition) is 4. The van der Waals surface area contributed by atoms with E-state index in [0.717, 1.165) is 5.16 Å². The lowest BCUT2D eigenvalue weighted by atomic mass is 10.1. The monoisotopic (exact) mass is 284 g/mol. The maximum Gasteiger partial charge on any atom is 0.321 e. The summed E-state index contributed by atoms with van der Waals surface area (Å²) in [6.07, 6.45) is 3.47. The lowest BCUT2D eigenvalue weighted by molar-refractivity contribution is -0.119. The van der Waals surface area contributed by atoms with Gasteiger partial charge in [0.15, 0.2) is 5.16 Å². The molecule has 6 nitrogen and oxygen atoms in total. The second-order valence-electron chi connectivity index (χ2n) is 5.27. The number of thioether (sulfide) groups is 1. The number of rotatable bonds is 3. The van der Waals surface area contributed by atoms with Crippen LogP contribution in [-0.4, -0.2) is 32.3 Å². The van der Waals surface area contributed by atoms with Crippen molar-refractivity contribution in [3.05, 3.63) is 12.4 Å². The highest BCUT2D eigenvalue weighted by atomic mass is 32.2. The van der Waals surface area contributed by atoms with Crippen LogP contribution in [0.5, 0.6) is 0 Å². The summed E-state index contributed by atoms with van der Waals surface area (Å²) >= 11 is 1.30. The number of aryl methyl sites for hydroxylation is 1. The highest BCUT2D eigenvalue weighted by Crippen LogP contribution is 2.20. The number of hydrogen-bond donors (Lipinski definition) is 2. The zero-order valence-electron chi connectivity index (χ0n) is 11.9. The van der Waals surface area contributed by atoms with E-state index in [0.29, 0.717) is 0 Å². The molecule has 0 aliphatic rings. The van der Waals surface area contributed by atoms with Gasteiger partial charge in [0.2, 0.25) is 5.91 Å². The molecule has 1 unspecified atom stereocenters. The molecule has 1 atom stereocenters. The van der Waals surface area contributed by atoms with Gasteiger partial charge in [-0.3, -0.25) is 10.1 Å². The molecule has 7 heteroatoms. The molecule has 3 amide bonds. The minimum atomic E-state index is -0.482. The molecule has 19 heavy (non-hydrogen) atoms. The van der Waals surface area contributed by atoms with E-state index < -0.39 is 11.3 Å². The molecule has 0 saturated carbocycles. The summed E-state index contributed by atoms with van der Waals surface area (Å²) in [5.41, 5.74) is -0.375. The van der Waals surface area contributed by atoms with Crippen LogP contribution in [0, 0.1) is 0 Å². The normalized spacial score (nSPS) is 12.9. The van der Waals surface area contributed by atoms with E-state index in [4.69, 9.17) is 0 Å². The number of aromatic nitrogens is 2. The van der Waals surface area contributed by atoms with Gasteiger partial charge < -0.3 is 9.88 Å². The zero-order valence-corrected chi connectivity index (χ0v) is 12.7. The summed E-state index contributed by atoms with van der Waals surface area (Å²) < 4.78 is 1.82. The van der Waals surface area contributed by atoms with Gasteiger partial charge in [-0.15, -0.1) is 0 Å². The Labute approximate surface area is 117 Å². The van der Waals surface area contributed by atoms with Crippen molar-refractivity contribution in [1.29, 1.82) is 0 Å². The SMILES string of the molecule is CC(Sc1nccn1C)C(=O)NC(=O)NC(C)(C)C. The Morgan fingerprint density at radius 2 is 2.05 bits per heavy atom. The third-order valence-corrected chi connectivity index (χ3v) is 3.33. The first-order valence-electron chi connectivity index (χ1n) is 5.96. The lowest BCUT2D eigenvalue weighted by Crippen LogP contribution is -2.49. The van der Waals surface area contributed by atoms with Crippen LogP contribution in [0.15, 0.2) is 17.6 Å². The third-order valence-electron chi connectivity index (χ3n) is 2.15. The molecular formula is C12H20N4O2S. The van der Waals surface area contributed by atoms with Crippen LogP contribution in [0.3, 0.4) is 0 Å². The van der Waals surface area contributed by atoms with Crippen molar-refractivity contribution in [2.24, 2.45) is 7.05 Å². The van der Waals surface area contributed by atoms with Gasteiger partial charge in [-0.2, -0.15) is 0 Å². The van der Waals surface area contributed by atoms with Crippen molar-refractivity contribution < 1.29 is 9.59 Å². The van der Waals surface area contributed by atoms with Crippen molar-refractivity contribution in [2.45, 2.75) is 43.6 Å². The Kier molecular flexibility index (Phi) is 4.99. The van der Waals surface area contributed by atoms with E-state index in [1.54, 1.807) is 19.3 Å². The molecule has 106 valence electrons. The smallest absolute Gasteiger partial charge is 0.321 e. The molecule has 1 heterocycles. The van der Waals surface area contributed by atoms with E-state index in [1.165, 1.54) is 11.8 Å². The fourth-order valence-electron chi connectivity index (χ4n) is 1.26. The standard InChI is InChI=1S/C12H20N4O2S/c1-8(19-11-13-6-7-16(11)5)9(17)14-10(18)15-12(2,3)4/h6-8H,1-5H3,(H2,14,15,17,18). The van der Waals surface area contributed by atoms with Crippen LogP contribution in [0.4, 0.5) is 4.79 Å². The van der Waals surface area contributed by atoms with E-state index in [2.05, 4.69) is 15.6 Å². The quantitative estimate of drug-likeness (QED) is 0.825. The highest BCUT2D eigenvalue weighted by Gasteiger charge is 2.21. The molecule has 0 fully saturated rings. The zero-order chi connectivity index (χ0) is 14.6. The van der Waals surface area contributed by atoms with Crippen molar-refractivity contribution >= 4 is 23.7 Å². The minimum absolute atomic E-state index is 0.338. The van der Waals surface area contributed by atoms with E-state index in [-0.39, 0.29) is 11.4 Å². The fraction of sp³-hybridized carbons (Fsp3) is 0.583. The van der Waals surface area contributed by atoms with E-state index in [9.17, 15) is 9.59 Å². The summed E-state index contributed by atoms with van der Waals surface area (Å²) in [4.78, 5) is 27.5. The molecule has 2 N–H and O–H groups in total. The van der Waals surface area contributed by atoms with Crippen LogP contribution in [0.25, 0.3) is 0 Å². The summed E-state index contributed by atoms with van der Waals surface area (Å²) in [6.45, 7) is 7.29. The first-order valence-corrected chi connectivity index (χ1v) is 6.84. The molecule has 0 saturated heterocycles. The molecule has 1 rings (SSSR count). The molecule has 1 aromatic heterocycles. The van der Waals surface area contributed by atoms with Gasteiger partial charge in [0.25, 0.3) is 0 Å². The van der Waals surface area contributed by atoms with Crippen molar-refractivity contribution in [1.82, 2.24) is 20.2 Å². The first-order chi connectivity index (χ1) is 8.69. The number of imidazole rings is 1. The summed E-state index contributed by atoms with van der Waals surface area (Å²) in [7, 11) is 1.85. The summed E-state index contributed by atoms with van der Waals surface area (Å²) in [5.74, 6) is -0.338. The first kappa shape index (κ1) is 15.6. The predicted octanol–water partition coefficient (Wildman–Crippen LogP) is 1.52. The van der Waals surface area contributed by atoms with Crippen LogP contribution < -0.4 is 10.6 Å². The third kappa shape index (κ3) is 5.34. The summed E-state index contributed by atoms with van der Waals surface area (Å²) in [6, 6.07) is -0.482. The van der Waals surface area contributed by atoms with Crippen LogP contribution >= 0.6 is 11.8 Å². The van der Waals surface area contributed by atoms with Crippen molar-refractivity contribution in [3.63, 3.8) is 0 Å². The molecule has 0 spiro atoms. The molecule has 0 aliphatic heterocycles. The van der Waals surface area contributed by atoms with Crippen molar-refractivity contribution in [2.75, 3.05) is 0 Å². The predicted molar refractivity (Wildman–Crippen MR) is 75.0 cm³/mol. The molecule has 0 radical (unpaired) electrons. The summed E-state index contributed by atoms with van der Waals surface area (Å²) in [5, 5.41) is 5.33. The Morgan fingerprint density at radius 3 is 2.53 bits per heavy atom. The van der Waals surface area contributed by atoms with Gasteiger partial charge in [-0.05, 0) is 27.7 Å². The Morgan fingerprint density at radius 1 is 1.42 bits per heavy atom. The number of carbonyl (C=O) groups excluding carboxylic acids is 2. The molecule has 0 aromatic carbocycles. The molecule has 1 aromatic rings. The molecular weight excluding hydrogens is 264 g/mol. The maximum atomic E-state index is 11.8. The van der Waals surface area contributed by atoms with Crippen molar-refractivity contribution in [3.8, 4) is 0 Å². The second kappa shape index (κ2) is 6.10. The van der Waals surface area contributed by atoms with Gasteiger partial charge in [0, 0.05) is 25.0 Å². The second-order valence-corrected chi connectivity index (χ2v) is 6.58. The number of imide groups is 1. The maximum absolute atomic E-state index is 11.8. The molecule has 0 bridgehead atoms. The van der Waals surface area contributed by atoms with Gasteiger partial charge in [0.05, 0.1) is 5.25 Å². The fourth-order valence-corrected chi connectivity index (χ4v) is 2.09. The average Bonchev–Trinajstić information content (AvgIpc) is 2.61. The van der Waals surface area contributed by atoms with Gasteiger partial charge in [0.1, 0.15) is 0 Å². The number of carbonyl (C=O) groups is 2. The average molecular weight is 284 g/mol. The number of nitrogens with zero attached hydrogens (tertiary/aromatic N) is 2. The Hall–Kier alpha value is -1.50. The number of urea groups is 1. The Bertz CT molecular complexity index is 465. The topological polar surface area (TPSA) is 76.0 Å². The number of amides is 3. The molecule has 0 aliphatic carbocycles. The highest BCUT2D eigenvalue weighted by molar-refractivity contribution is 8.00. The van der Waals surface area contributed by atoms with Crippen LogP contribution in [-0.2, 0) is 11.8 Å². The van der Waals surface area contributed by atoms with Crippen LogP contribution in [0.2, 0.25) is 0 Å². The van der Waals surface area contributed by atoms with E-state index in [1.807, 2.05) is 32.4 Å². The van der Waals surface area contributed by atoms with Crippen LogP contribution in [0.1, 0.15) is 27.7 Å².